The van der Waals surface area contributed by atoms with Gasteiger partial charge >= 0.3 is 0 Å². The van der Waals surface area contributed by atoms with Gasteiger partial charge in [0, 0.05) is 31.5 Å². The third-order valence-corrected chi connectivity index (χ3v) is 3.09. The van der Waals surface area contributed by atoms with Crippen LogP contribution in [0.5, 0.6) is 0 Å². The first kappa shape index (κ1) is 10.6. The molecular weight excluding hydrogens is 190 g/mol. The van der Waals surface area contributed by atoms with Gasteiger partial charge in [-0.1, -0.05) is 0 Å². The summed E-state index contributed by atoms with van der Waals surface area (Å²) in [5.74, 6) is 0. The molecule has 1 N–H and O–H groups in total. The Bertz CT molecular complexity index is 335. The van der Waals surface area contributed by atoms with Crippen LogP contribution in [0.3, 0.4) is 0 Å². The van der Waals surface area contributed by atoms with Crippen LogP contribution in [0.4, 0.5) is 0 Å². The minimum atomic E-state index is 0.213. The Morgan fingerprint density at radius 3 is 3.00 bits per heavy atom. The Morgan fingerprint density at radius 1 is 1.60 bits per heavy atom. The smallest absolute Gasteiger partial charge is 0.0872 e. The average molecular weight is 209 g/mol. The predicted octanol–water partition coefficient (Wildman–Crippen LogP) is 1.17. The fourth-order valence-corrected chi connectivity index (χ4v) is 2.21. The molecule has 2 heterocycles. The third kappa shape index (κ3) is 2.21. The molecule has 1 saturated heterocycles. The van der Waals surface area contributed by atoms with Crippen molar-refractivity contribution in [3.05, 3.63) is 17.5 Å². The van der Waals surface area contributed by atoms with Crippen molar-refractivity contribution < 1.29 is 4.74 Å². The fourth-order valence-electron chi connectivity index (χ4n) is 2.21. The Morgan fingerprint density at radius 2 is 2.40 bits per heavy atom. The number of nitrogens with one attached hydrogen (secondary N) is 1. The van der Waals surface area contributed by atoms with Gasteiger partial charge in [-0.2, -0.15) is 5.10 Å². The number of hydrogen-bond acceptors (Lipinski definition) is 3. The quantitative estimate of drug-likeness (QED) is 0.794. The molecule has 0 aliphatic carbocycles. The van der Waals surface area contributed by atoms with Crippen LogP contribution in [0.1, 0.15) is 30.2 Å². The Hall–Kier alpha value is -0.870. The molecular formula is C11H19N3O. The molecule has 1 aliphatic heterocycles. The van der Waals surface area contributed by atoms with Gasteiger partial charge in [-0.05, 0) is 26.8 Å². The van der Waals surface area contributed by atoms with Crippen molar-refractivity contribution in [3.63, 3.8) is 0 Å². The Balaban J connectivity index is 2.13. The van der Waals surface area contributed by atoms with Crippen molar-refractivity contribution in [2.45, 2.75) is 31.9 Å². The minimum absolute atomic E-state index is 0.213. The van der Waals surface area contributed by atoms with Crippen molar-refractivity contribution >= 4 is 0 Å². The Kier molecular flexibility index (Phi) is 3.07. The summed E-state index contributed by atoms with van der Waals surface area (Å²) in [5, 5.41) is 7.68. The average Bonchev–Trinajstić information content (AvgIpc) is 2.58. The maximum absolute atomic E-state index is 5.80. The number of hydrogen-bond donors (Lipinski definition) is 1. The van der Waals surface area contributed by atoms with Gasteiger partial charge < -0.3 is 10.1 Å². The lowest BCUT2D eigenvalue weighted by molar-refractivity contribution is 0.00117. The largest absolute Gasteiger partial charge is 0.373 e. The topological polar surface area (TPSA) is 39.1 Å². The Labute approximate surface area is 90.6 Å². The van der Waals surface area contributed by atoms with E-state index in [2.05, 4.69) is 16.6 Å². The molecule has 0 amide bonds. The molecule has 2 unspecified atom stereocenters. The SMILES string of the molecule is CNC1CCOC(c2cn(C)nc2C)C1. The molecule has 2 rings (SSSR count). The fraction of sp³-hybridized carbons (Fsp3) is 0.727. The molecule has 0 saturated carbocycles. The van der Waals surface area contributed by atoms with Crippen LogP contribution in [0.25, 0.3) is 0 Å². The van der Waals surface area contributed by atoms with Gasteiger partial charge in [-0.3, -0.25) is 4.68 Å². The van der Waals surface area contributed by atoms with Crippen LogP contribution in [0.2, 0.25) is 0 Å². The summed E-state index contributed by atoms with van der Waals surface area (Å²) in [6.07, 6.45) is 4.43. The number of rotatable bonds is 2. The van der Waals surface area contributed by atoms with Gasteiger partial charge in [-0.15, -0.1) is 0 Å². The lowest BCUT2D eigenvalue weighted by atomic mass is 9.98. The lowest BCUT2D eigenvalue weighted by Crippen LogP contribution is -2.33. The van der Waals surface area contributed by atoms with Crippen LogP contribution < -0.4 is 5.32 Å². The highest BCUT2D eigenvalue weighted by Crippen LogP contribution is 2.29. The van der Waals surface area contributed by atoms with Gasteiger partial charge in [0.25, 0.3) is 0 Å². The minimum Gasteiger partial charge on any atom is -0.373 e. The van der Waals surface area contributed by atoms with E-state index in [1.54, 1.807) is 0 Å². The van der Waals surface area contributed by atoms with E-state index in [1.807, 2.05) is 25.7 Å². The molecule has 4 nitrogen and oxygen atoms in total. The summed E-state index contributed by atoms with van der Waals surface area (Å²) in [4.78, 5) is 0. The predicted molar refractivity (Wildman–Crippen MR) is 58.7 cm³/mol. The van der Waals surface area contributed by atoms with Crippen molar-refractivity contribution in [2.75, 3.05) is 13.7 Å². The zero-order chi connectivity index (χ0) is 10.8. The monoisotopic (exact) mass is 209 g/mol. The summed E-state index contributed by atoms with van der Waals surface area (Å²) in [6, 6.07) is 0.573. The van der Waals surface area contributed by atoms with E-state index in [4.69, 9.17) is 4.74 Å². The molecule has 2 atom stereocenters. The lowest BCUT2D eigenvalue weighted by Gasteiger charge is -2.29. The van der Waals surface area contributed by atoms with E-state index < -0.39 is 0 Å². The third-order valence-electron chi connectivity index (χ3n) is 3.09. The van der Waals surface area contributed by atoms with Crippen LogP contribution in [-0.2, 0) is 11.8 Å². The molecule has 4 heteroatoms. The molecule has 1 aromatic rings. The molecule has 84 valence electrons. The maximum Gasteiger partial charge on any atom is 0.0872 e. The molecule has 0 spiro atoms. The molecule has 0 aromatic carbocycles. The normalized spacial score (nSPS) is 26.9. The molecule has 0 radical (unpaired) electrons. The standard InChI is InChI=1S/C11H19N3O/c1-8-10(7-14(3)13-8)11-6-9(12-2)4-5-15-11/h7,9,11-12H,4-6H2,1-3H3. The van der Waals surface area contributed by atoms with E-state index in [9.17, 15) is 0 Å². The first-order valence-corrected chi connectivity index (χ1v) is 5.49. The summed E-state index contributed by atoms with van der Waals surface area (Å²) < 4.78 is 7.66. The van der Waals surface area contributed by atoms with E-state index in [0.717, 1.165) is 25.1 Å². The molecule has 0 bridgehead atoms. The van der Waals surface area contributed by atoms with Crippen LogP contribution in [-0.4, -0.2) is 29.5 Å². The van der Waals surface area contributed by atoms with Crippen LogP contribution >= 0.6 is 0 Å². The zero-order valence-electron chi connectivity index (χ0n) is 9.66. The zero-order valence-corrected chi connectivity index (χ0v) is 9.66. The number of aryl methyl sites for hydroxylation is 2. The maximum atomic E-state index is 5.80. The second-order valence-electron chi connectivity index (χ2n) is 4.21. The van der Waals surface area contributed by atoms with E-state index in [0.29, 0.717) is 6.04 Å². The second kappa shape index (κ2) is 4.33. The first-order valence-electron chi connectivity index (χ1n) is 5.49. The number of aromatic nitrogens is 2. The summed E-state index contributed by atoms with van der Waals surface area (Å²) in [5.41, 5.74) is 2.32. The van der Waals surface area contributed by atoms with Gasteiger partial charge in [0.05, 0.1) is 11.8 Å². The van der Waals surface area contributed by atoms with Crippen LogP contribution in [0, 0.1) is 6.92 Å². The summed E-state index contributed by atoms with van der Waals surface area (Å²) in [6.45, 7) is 2.88. The van der Waals surface area contributed by atoms with E-state index >= 15 is 0 Å². The first-order chi connectivity index (χ1) is 7.20. The van der Waals surface area contributed by atoms with E-state index in [-0.39, 0.29) is 6.10 Å². The van der Waals surface area contributed by atoms with Crippen molar-refractivity contribution in [1.29, 1.82) is 0 Å². The van der Waals surface area contributed by atoms with Gasteiger partial charge in [0.1, 0.15) is 0 Å². The number of nitrogens with zero attached hydrogens (tertiary/aromatic N) is 2. The van der Waals surface area contributed by atoms with Gasteiger partial charge in [0.15, 0.2) is 0 Å². The van der Waals surface area contributed by atoms with Crippen molar-refractivity contribution in [1.82, 2.24) is 15.1 Å². The van der Waals surface area contributed by atoms with Crippen molar-refractivity contribution in [3.8, 4) is 0 Å². The van der Waals surface area contributed by atoms with E-state index in [1.165, 1.54) is 5.56 Å². The highest BCUT2D eigenvalue weighted by atomic mass is 16.5. The molecule has 1 aliphatic rings. The van der Waals surface area contributed by atoms with Crippen LogP contribution in [0.15, 0.2) is 6.20 Å². The molecule has 15 heavy (non-hydrogen) atoms. The molecule has 1 fully saturated rings. The van der Waals surface area contributed by atoms with Gasteiger partial charge in [-0.25, -0.2) is 0 Å². The highest BCUT2D eigenvalue weighted by Gasteiger charge is 2.25. The number of ether oxygens (including phenoxy) is 1. The second-order valence-corrected chi connectivity index (χ2v) is 4.21. The molecule has 1 aromatic heterocycles. The highest BCUT2D eigenvalue weighted by molar-refractivity contribution is 5.19. The summed E-state index contributed by atoms with van der Waals surface area (Å²) in [7, 11) is 3.97. The summed E-state index contributed by atoms with van der Waals surface area (Å²) >= 11 is 0. The van der Waals surface area contributed by atoms with Gasteiger partial charge in [0.2, 0.25) is 0 Å². The van der Waals surface area contributed by atoms with Crippen molar-refractivity contribution in [2.24, 2.45) is 7.05 Å².